The van der Waals surface area contributed by atoms with Crippen molar-refractivity contribution in [3.8, 4) is 0 Å². The molecule has 0 spiro atoms. The van der Waals surface area contributed by atoms with Crippen LogP contribution in [0.5, 0.6) is 0 Å². The maximum absolute atomic E-state index is 12.9. The largest absolute Gasteiger partial charge is 0.314 e. The molecule has 3 fully saturated rings. The average Bonchev–Trinajstić information content (AvgIpc) is 2.63. The van der Waals surface area contributed by atoms with Gasteiger partial charge in [0, 0.05) is 18.1 Å². The smallest absolute Gasteiger partial charge is 0.258 e. The lowest BCUT2D eigenvalue weighted by atomic mass is 10.1. The van der Waals surface area contributed by atoms with E-state index >= 15 is 0 Å². The number of amides is 2. The summed E-state index contributed by atoms with van der Waals surface area (Å²) in [5.74, 6) is 0.00500. The van der Waals surface area contributed by atoms with Crippen LogP contribution in [0, 0.1) is 0 Å². The van der Waals surface area contributed by atoms with Crippen molar-refractivity contribution >= 4 is 45.0 Å². The van der Waals surface area contributed by atoms with Crippen LogP contribution in [0.1, 0.15) is 11.1 Å². The summed E-state index contributed by atoms with van der Waals surface area (Å²) in [6.45, 7) is 0.893. The van der Waals surface area contributed by atoms with Gasteiger partial charge in [0.2, 0.25) is 0 Å². The van der Waals surface area contributed by atoms with Crippen molar-refractivity contribution < 1.29 is 9.59 Å². The highest BCUT2D eigenvalue weighted by Crippen LogP contribution is 2.47. The Hall–Kier alpha value is -1.63. The van der Waals surface area contributed by atoms with Crippen molar-refractivity contribution in [1.29, 1.82) is 0 Å². The lowest BCUT2D eigenvalue weighted by Gasteiger charge is -2.48. The van der Waals surface area contributed by atoms with E-state index in [-0.39, 0.29) is 11.8 Å². The SMILES string of the molecule is O=C1[C@@H]2SS[C@@H](C(=O)N2Cc2ccc(Cl)cc2)N1Cc1ccccc1. The minimum atomic E-state index is -0.470. The summed E-state index contributed by atoms with van der Waals surface area (Å²) in [5, 5.41) is -0.276. The van der Waals surface area contributed by atoms with Gasteiger partial charge in [-0.3, -0.25) is 9.59 Å². The van der Waals surface area contributed by atoms with Gasteiger partial charge in [0.25, 0.3) is 11.8 Å². The molecular formula is C18H15ClN2O2S2. The Balaban J connectivity index is 1.54. The monoisotopic (exact) mass is 390 g/mol. The van der Waals surface area contributed by atoms with E-state index in [1.165, 1.54) is 21.6 Å². The molecular weight excluding hydrogens is 376 g/mol. The molecule has 0 unspecified atom stereocenters. The van der Waals surface area contributed by atoms with E-state index in [0.29, 0.717) is 18.1 Å². The van der Waals surface area contributed by atoms with Gasteiger partial charge in [-0.05, 0) is 23.3 Å². The van der Waals surface area contributed by atoms with Crippen LogP contribution in [-0.4, -0.2) is 32.4 Å². The summed E-state index contributed by atoms with van der Waals surface area (Å²) in [6.07, 6.45) is 0. The van der Waals surface area contributed by atoms with Crippen molar-refractivity contribution in [2.75, 3.05) is 0 Å². The molecule has 0 saturated carbocycles. The molecule has 3 saturated heterocycles. The number of halogens is 1. The standard InChI is InChI=1S/C18H15ClN2O2S2/c19-14-8-6-13(7-9-14)11-21-16(23)17-20(15(22)18(21)25-24-17)10-12-4-2-1-3-5-12/h1-9,17-18H,10-11H2/t17-,18-/m0/s1. The topological polar surface area (TPSA) is 40.6 Å². The molecule has 3 heterocycles. The number of piperazine rings is 1. The van der Waals surface area contributed by atoms with Crippen LogP contribution in [-0.2, 0) is 22.7 Å². The summed E-state index contributed by atoms with van der Waals surface area (Å²) < 4.78 is 0. The van der Waals surface area contributed by atoms with Gasteiger partial charge in [-0.15, -0.1) is 0 Å². The van der Waals surface area contributed by atoms with Crippen LogP contribution in [0.25, 0.3) is 0 Å². The van der Waals surface area contributed by atoms with Crippen molar-refractivity contribution in [3.05, 3.63) is 70.7 Å². The molecule has 2 aromatic rings. The molecule has 0 radical (unpaired) electrons. The van der Waals surface area contributed by atoms with Gasteiger partial charge in [-0.2, -0.15) is 0 Å². The molecule has 2 atom stereocenters. The Morgan fingerprint density at radius 1 is 0.760 bits per heavy atom. The number of rotatable bonds is 4. The third-order valence-electron chi connectivity index (χ3n) is 4.25. The van der Waals surface area contributed by atoms with E-state index in [4.69, 9.17) is 11.6 Å². The molecule has 3 aliphatic rings. The van der Waals surface area contributed by atoms with E-state index in [1.54, 1.807) is 21.9 Å². The lowest BCUT2D eigenvalue weighted by molar-refractivity contribution is -0.155. The van der Waals surface area contributed by atoms with E-state index in [0.717, 1.165) is 11.1 Å². The number of hydrogen-bond acceptors (Lipinski definition) is 4. The van der Waals surface area contributed by atoms with Crippen LogP contribution < -0.4 is 0 Å². The van der Waals surface area contributed by atoms with Crippen LogP contribution in [0.4, 0.5) is 0 Å². The molecule has 2 bridgehead atoms. The molecule has 2 amide bonds. The van der Waals surface area contributed by atoms with E-state index < -0.39 is 10.7 Å². The van der Waals surface area contributed by atoms with Crippen LogP contribution in [0.15, 0.2) is 54.6 Å². The highest BCUT2D eigenvalue weighted by molar-refractivity contribution is 8.77. The van der Waals surface area contributed by atoms with Gasteiger partial charge < -0.3 is 9.80 Å². The van der Waals surface area contributed by atoms with Crippen molar-refractivity contribution in [1.82, 2.24) is 9.80 Å². The first-order valence-electron chi connectivity index (χ1n) is 7.85. The summed E-state index contributed by atoms with van der Waals surface area (Å²) in [4.78, 5) is 29.1. The minimum Gasteiger partial charge on any atom is -0.314 e. The Labute approximate surface area is 158 Å². The molecule has 0 aromatic heterocycles. The Morgan fingerprint density at radius 3 is 1.76 bits per heavy atom. The van der Waals surface area contributed by atoms with Gasteiger partial charge in [0.1, 0.15) is 0 Å². The van der Waals surface area contributed by atoms with Gasteiger partial charge in [0.15, 0.2) is 10.7 Å². The summed E-state index contributed by atoms with van der Waals surface area (Å²) in [7, 11) is 2.95. The molecule has 2 aromatic carbocycles. The molecule has 0 N–H and O–H groups in total. The predicted octanol–water partition coefficient (Wildman–Crippen LogP) is 3.76. The van der Waals surface area contributed by atoms with E-state index in [9.17, 15) is 9.59 Å². The fraction of sp³-hybridized carbons (Fsp3) is 0.222. The average molecular weight is 391 g/mol. The number of carbonyl (C=O) groups excluding carboxylic acids is 2. The minimum absolute atomic E-state index is 0.000712. The number of benzene rings is 2. The number of hydrogen-bond donors (Lipinski definition) is 0. The lowest BCUT2D eigenvalue weighted by Crippen LogP contribution is -2.64. The van der Waals surface area contributed by atoms with E-state index in [1.807, 2.05) is 42.5 Å². The molecule has 4 nitrogen and oxygen atoms in total. The predicted molar refractivity (Wildman–Crippen MR) is 102 cm³/mol. The summed E-state index contributed by atoms with van der Waals surface area (Å²) in [6, 6.07) is 17.2. The quantitative estimate of drug-likeness (QED) is 0.745. The first-order valence-corrected chi connectivity index (χ1v) is 10.5. The van der Waals surface area contributed by atoms with Crippen molar-refractivity contribution in [2.24, 2.45) is 0 Å². The summed E-state index contributed by atoms with van der Waals surface area (Å²) >= 11 is 5.92. The fourth-order valence-electron chi connectivity index (χ4n) is 2.96. The molecule has 7 heteroatoms. The molecule has 5 rings (SSSR count). The number of fused-ring (bicyclic) bond motifs is 3. The molecule has 0 aliphatic carbocycles. The van der Waals surface area contributed by atoms with Gasteiger partial charge in [-0.1, -0.05) is 75.7 Å². The molecule has 25 heavy (non-hydrogen) atoms. The third-order valence-corrected chi connectivity index (χ3v) is 7.32. The Kier molecular flexibility index (Phi) is 4.67. The maximum atomic E-state index is 12.9. The second-order valence-electron chi connectivity index (χ2n) is 5.94. The van der Waals surface area contributed by atoms with Crippen molar-refractivity contribution in [2.45, 2.75) is 23.8 Å². The third kappa shape index (κ3) is 3.26. The van der Waals surface area contributed by atoms with Crippen LogP contribution >= 0.6 is 33.2 Å². The first-order chi connectivity index (χ1) is 12.1. The first kappa shape index (κ1) is 16.8. The fourth-order valence-corrected chi connectivity index (χ4v) is 6.05. The second-order valence-corrected chi connectivity index (χ2v) is 8.81. The van der Waals surface area contributed by atoms with Gasteiger partial charge >= 0.3 is 0 Å². The molecule has 3 aliphatic heterocycles. The zero-order chi connectivity index (χ0) is 17.4. The zero-order valence-corrected chi connectivity index (χ0v) is 15.6. The van der Waals surface area contributed by atoms with Gasteiger partial charge in [0.05, 0.1) is 0 Å². The highest BCUT2D eigenvalue weighted by Gasteiger charge is 2.51. The Bertz CT molecular complexity index is 800. The van der Waals surface area contributed by atoms with Gasteiger partial charge in [-0.25, -0.2) is 0 Å². The Morgan fingerprint density at radius 2 is 1.24 bits per heavy atom. The van der Waals surface area contributed by atoms with Crippen LogP contribution in [0.3, 0.4) is 0 Å². The maximum Gasteiger partial charge on any atom is 0.258 e. The highest BCUT2D eigenvalue weighted by atomic mass is 35.5. The van der Waals surface area contributed by atoms with E-state index in [2.05, 4.69) is 0 Å². The normalized spacial score (nSPS) is 22.6. The number of nitrogens with zero attached hydrogens (tertiary/aromatic N) is 2. The van der Waals surface area contributed by atoms with Crippen LogP contribution in [0.2, 0.25) is 5.02 Å². The zero-order valence-electron chi connectivity index (χ0n) is 13.2. The summed E-state index contributed by atoms with van der Waals surface area (Å²) in [5.41, 5.74) is 2.00. The number of carbonyl (C=O) groups is 2. The van der Waals surface area contributed by atoms with Crippen molar-refractivity contribution in [3.63, 3.8) is 0 Å². The molecule has 128 valence electrons. The second kappa shape index (κ2) is 6.94.